The van der Waals surface area contributed by atoms with Crippen LogP contribution in [0.3, 0.4) is 0 Å². The first-order chi connectivity index (χ1) is 17.2. The Morgan fingerprint density at radius 3 is 2.08 bits per heavy atom. The molecule has 2 heterocycles. The Kier molecular flexibility index (Phi) is 9.31. The van der Waals surface area contributed by atoms with Crippen molar-refractivity contribution in [2.75, 3.05) is 6.54 Å². The van der Waals surface area contributed by atoms with Gasteiger partial charge in [-0.25, -0.2) is 0 Å². The molecule has 1 aromatic heterocycles. The third-order valence-corrected chi connectivity index (χ3v) is 6.76. The van der Waals surface area contributed by atoms with E-state index < -0.39 is 53.7 Å². The van der Waals surface area contributed by atoms with Gasteiger partial charge in [-0.2, -0.15) is 18.3 Å². The highest BCUT2D eigenvalue weighted by Gasteiger charge is 2.59. The van der Waals surface area contributed by atoms with E-state index in [-0.39, 0.29) is 24.4 Å². The normalized spacial score (nSPS) is 18.6. The fourth-order valence-electron chi connectivity index (χ4n) is 4.68. The lowest BCUT2D eigenvalue weighted by Crippen LogP contribution is -2.65. The molecule has 216 valence electrons. The number of alkyl halides is 3. The third-order valence-electron chi connectivity index (χ3n) is 6.76. The zero-order valence-corrected chi connectivity index (χ0v) is 23.2. The number of hydrogen-bond acceptors (Lipinski definition) is 6. The van der Waals surface area contributed by atoms with Gasteiger partial charge in [0.2, 0.25) is 11.8 Å². The lowest BCUT2D eigenvalue weighted by atomic mass is 9.94. The van der Waals surface area contributed by atoms with E-state index in [1.165, 1.54) is 24.9 Å². The molecule has 2 rings (SSSR count). The Balaban J connectivity index is 2.25. The van der Waals surface area contributed by atoms with Crippen LogP contribution in [0, 0.1) is 18.8 Å². The van der Waals surface area contributed by atoms with E-state index in [1.54, 1.807) is 25.5 Å². The number of likely N-dealkylation sites (tertiary alicyclic amines) is 1. The van der Waals surface area contributed by atoms with Gasteiger partial charge in [-0.05, 0) is 52.4 Å². The summed E-state index contributed by atoms with van der Waals surface area (Å²) in [5, 5.41) is 28.7. The van der Waals surface area contributed by atoms with Crippen molar-refractivity contribution < 1.29 is 37.8 Å². The summed E-state index contributed by atoms with van der Waals surface area (Å²) >= 11 is 0. The largest absolute Gasteiger partial charge is 0.445 e. The lowest BCUT2D eigenvalue weighted by Gasteiger charge is -2.37. The van der Waals surface area contributed by atoms with Crippen molar-refractivity contribution in [3.05, 3.63) is 17.5 Å². The van der Waals surface area contributed by atoms with Crippen LogP contribution in [0.1, 0.15) is 77.4 Å². The van der Waals surface area contributed by atoms with E-state index in [0.29, 0.717) is 17.7 Å². The van der Waals surface area contributed by atoms with Gasteiger partial charge in [0.1, 0.15) is 12.1 Å². The number of nitrogens with one attached hydrogen (secondary N) is 2. The summed E-state index contributed by atoms with van der Waals surface area (Å²) in [5.74, 6) is -7.51. The van der Waals surface area contributed by atoms with Crippen LogP contribution in [0.2, 0.25) is 0 Å². The van der Waals surface area contributed by atoms with Crippen LogP contribution in [0.4, 0.5) is 13.2 Å². The number of amides is 3. The molecule has 1 aromatic rings. The van der Waals surface area contributed by atoms with Gasteiger partial charge >= 0.3 is 6.18 Å². The highest BCUT2D eigenvalue weighted by molar-refractivity contribution is 5.99. The van der Waals surface area contributed by atoms with Crippen LogP contribution < -0.4 is 10.6 Å². The maximum Gasteiger partial charge on any atom is 0.445 e. The molecule has 10 nitrogen and oxygen atoms in total. The molecule has 0 radical (unpaired) electrons. The molecular weight excluding hydrogens is 507 g/mol. The molecule has 1 aliphatic heterocycles. The molecule has 0 bridgehead atoms. The van der Waals surface area contributed by atoms with Crippen molar-refractivity contribution in [3.8, 4) is 0 Å². The Labute approximate surface area is 220 Å². The number of hydrogen-bond donors (Lipinski definition) is 4. The molecule has 4 N–H and O–H groups in total. The molecule has 1 fully saturated rings. The lowest BCUT2D eigenvalue weighted by molar-refractivity contribution is -0.362. The first kappa shape index (κ1) is 31.5. The maximum atomic E-state index is 13.5. The molecule has 0 aromatic carbocycles. The number of aliphatic hydroxyl groups is 2. The molecule has 0 spiro atoms. The second kappa shape index (κ2) is 11.2. The van der Waals surface area contributed by atoms with Crippen LogP contribution >= 0.6 is 0 Å². The van der Waals surface area contributed by atoms with Gasteiger partial charge in [0.05, 0.1) is 23.3 Å². The molecule has 3 amide bonds. The second-order valence-electron chi connectivity index (χ2n) is 11.6. The van der Waals surface area contributed by atoms with Gasteiger partial charge in [-0.15, -0.1) is 0 Å². The number of nitrogens with zero attached hydrogens (tertiary/aromatic N) is 3. The van der Waals surface area contributed by atoms with Gasteiger partial charge in [-0.1, -0.05) is 27.7 Å². The average molecular weight is 548 g/mol. The Morgan fingerprint density at radius 1 is 1.05 bits per heavy atom. The van der Waals surface area contributed by atoms with E-state index in [0.717, 1.165) is 0 Å². The summed E-state index contributed by atoms with van der Waals surface area (Å²) in [5.41, 5.74) is 0.541. The first-order valence-corrected chi connectivity index (χ1v) is 12.7. The Bertz CT molecular complexity index is 1030. The van der Waals surface area contributed by atoms with Crippen LogP contribution in [0.5, 0.6) is 0 Å². The summed E-state index contributed by atoms with van der Waals surface area (Å²) in [6, 6.07) is -4.20. The molecule has 0 aliphatic carbocycles. The van der Waals surface area contributed by atoms with Crippen molar-refractivity contribution in [2.24, 2.45) is 11.8 Å². The zero-order valence-electron chi connectivity index (χ0n) is 23.2. The fraction of sp³-hybridized carbons (Fsp3) is 0.760. The van der Waals surface area contributed by atoms with Gasteiger partial charge in [0.15, 0.2) is 0 Å². The number of aromatic nitrogens is 2. The summed E-state index contributed by atoms with van der Waals surface area (Å²) in [6.45, 7) is 13.8. The molecule has 1 saturated heterocycles. The Hall–Kier alpha value is -2.67. The van der Waals surface area contributed by atoms with Crippen LogP contribution in [0.25, 0.3) is 0 Å². The molecule has 1 unspecified atom stereocenters. The average Bonchev–Trinajstić information content (AvgIpc) is 3.40. The number of rotatable bonds is 8. The highest BCUT2D eigenvalue weighted by atomic mass is 19.4. The smallest absolute Gasteiger partial charge is 0.357 e. The molecule has 38 heavy (non-hydrogen) atoms. The highest BCUT2D eigenvalue weighted by Crippen LogP contribution is 2.34. The number of halogens is 3. The van der Waals surface area contributed by atoms with Crippen molar-refractivity contribution in [2.45, 2.75) is 104 Å². The Morgan fingerprint density at radius 2 is 1.63 bits per heavy atom. The molecule has 13 heteroatoms. The van der Waals surface area contributed by atoms with Gasteiger partial charge < -0.3 is 25.7 Å². The van der Waals surface area contributed by atoms with Crippen LogP contribution in [-0.2, 0) is 15.1 Å². The predicted molar refractivity (Wildman–Crippen MR) is 133 cm³/mol. The minimum Gasteiger partial charge on any atom is -0.357 e. The maximum absolute atomic E-state index is 13.5. The van der Waals surface area contributed by atoms with Crippen molar-refractivity contribution >= 4 is 17.7 Å². The van der Waals surface area contributed by atoms with Crippen molar-refractivity contribution in [1.29, 1.82) is 0 Å². The van der Waals surface area contributed by atoms with Crippen LogP contribution in [-0.4, -0.2) is 79.2 Å². The monoisotopic (exact) mass is 547 g/mol. The van der Waals surface area contributed by atoms with Gasteiger partial charge in [0.25, 0.3) is 11.7 Å². The molecule has 1 aliphatic rings. The zero-order chi connectivity index (χ0) is 29.4. The standard InChI is InChI=1S/C25H40F3N5O5/c1-13(2)18(30-20(34)16-12-29-33(15(16)5)23(6,7)8)22(36)32-11-9-10-17(32)21(35)31-19(14(3)4)24(37,38)25(26,27)28/h12-14,17-19,37-38H,9-11H2,1-8H3,(H,30,34)(H,31,35)/t17-,18-,19?/m0/s1. The van der Waals surface area contributed by atoms with Gasteiger partial charge in [-0.3, -0.25) is 19.1 Å². The summed E-state index contributed by atoms with van der Waals surface area (Å²) < 4.78 is 41.5. The summed E-state index contributed by atoms with van der Waals surface area (Å²) in [7, 11) is 0. The molecule has 3 atom stereocenters. The number of carbonyl (C=O) groups excluding carboxylic acids is 3. The van der Waals surface area contributed by atoms with Gasteiger partial charge in [0, 0.05) is 12.2 Å². The fourth-order valence-corrected chi connectivity index (χ4v) is 4.68. The minimum atomic E-state index is -5.41. The first-order valence-electron chi connectivity index (χ1n) is 12.7. The molecular formula is C25H40F3N5O5. The summed E-state index contributed by atoms with van der Waals surface area (Å²) in [6.07, 6.45) is -3.40. The van der Waals surface area contributed by atoms with E-state index in [2.05, 4.69) is 15.7 Å². The molecule has 0 saturated carbocycles. The van der Waals surface area contributed by atoms with Crippen molar-refractivity contribution in [1.82, 2.24) is 25.3 Å². The van der Waals surface area contributed by atoms with E-state index in [1.807, 2.05) is 20.8 Å². The predicted octanol–water partition coefficient (Wildman–Crippen LogP) is 2.08. The SMILES string of the molecule is Cc1c(C(=O)N[C@H](C(=O)N2CCC[C@H]2C(=O)NC(C(C)C)C(O)(O)C(F)(F)F)C(C)C)cnn1C(C)(C)C. The van der Waals surface area contributed by atoms with E-state index in [9.17, 15) is 37.8 Å². The van der Waals surface area contributed by atoms with E-state index in [4.69, 9.17) is 0 Å². The number of carbonyl (C=O) groups is 3. The summed E-state index contributed by atoms with van der Waals surface area (Å²) in [4.78, 5) is 40.9. The quantitative estimate of drug-likeness (QED) is 0.368. The second-order valence-corrected chi connectivity index (χ2v) is 11.6. The van der Waals surface area contributed by atoms with E-state index >= 15 is 0 Å². The topological polar surface area (TPSA) is 137 Å². The third kappa shape index (κ3) is 6.48. The minimum absolute atomic E-state index is 0.159. The van der Waals surface area contributed by atoms with Crippen molar-refractivity contribution in [3.63, 3.8) is 0 Å². The van der Waals surface area contributed by atoms with Crippen LogP contribution in [0.15, 0.2) is 6.20 Å².